The summed E-state index contributed by atoms with van der Waals surface area (Å²) >= 11 is 0. The first-order valence-electron chi connectivity index (χ1n) is 11.4. The van der Waals surface area contributed by atoms with Gasteiger partial charge in [0.15, 0.2) is 5.72 Å². The zero-order chi connectivity index (χ0) is 25.7. The van der Waals surface area contributed by atoms with E-state index in [-0.39, 0.29) is 5.56 Å². The highest BCUT2D eigenvalue weighted by Gasteiger charge is 2.70. The van der Waals surface area contributed by atoms with Crippen LogP contribution in [0.2, 0.25) is 0 Å². The van der Waals surface area contributed by atoms with E-state index in [1.54, 1.807) is 48.5 Å². The van der Waals surface area contributed by atoms with Gasteiger partial charge in [-0.2, -0.15) is 5.26 Å². The van der Waals surface area contributed by atoms with E-state index in [0.717, 1.165) is 17.7 Å². The first kappa shape index (κ1) is 23.7. The van der Waals surface area contributed by atoms with Crippen LogP contribution in [0.5, 0.6) is 5.75 Å². The number of ether oxygens (including phenoxy) is 1. The first-order chi connectivity index (χ1) is 17.1. The predicted octanol–water partition coefficient (Wildman–Crippen LogP) is 5.98. The van der Waals surface area contributed by atoms with Crippen molar-refractivity contribution in [2.75, 3.05) is 9.80 Å². The Kier molecular flexibility index (Phi) is 5.45. The van der Waals surface area contributed by atoms with Crippen LogP contribution in [0.15, 0.2) is 72.8 Å². The van der Waals surface area contributed by atoms with Crippen molar-refractivity contribution >= 4 is 17.4 Å². The molecule has 2 amide bonds. The molecule has 5 rings (SSSR count). The van der Waals surface area contributed by atoms with Crippen LogP contribution in [-0.4, -0.2) is 23.0 Å². The molecule has 1 saturated carbocycles. The molecule has 36 heavy (non-hydrogen) atoms. The van der Waals surface area contributed by atoms with Gasteiger partial charge in [-0.15, -0.1) is 13.2 Å². The molecule has 1 heterocycles. The second-order valence-electron chi connectivity index (χ2n) is 9.08. The van der Waals surface area contributed by atoms with Gasteiger partial charge in [0, 0.05) is 16.9 Å². The van der Waals surface area contributed by atoms with Crippen molar-refractivity contribution in [3.05, 3.63) is 89.5 Å². The Hall–Kier alpha value is -4.03. The molecule has 6 nitrogen and oxygen atoms in total. The number of rotatable bonds is 4. The number of benzene rings is 3. The fraction of sp³-hybridized carbons (Fsp3) is 0.259. The van der Waals surface area contributed by atoms with Gasteiger partial charge in [0.2, 0.25) is 0 Å². The Morgan fingerprint density at radius 2 is 1.58 bits per heavy atom. The molecule has 9 heteroatoms. The SMILES string of the molecule is Cc1ccc(N2C(=O)N(c3ccc(C#N)cc3)C3(CCC3)C2(O)c2cccc(OC(F)(F)F)c2)cc1. The molecule has 1 atom stereocenters. The largest absolute Gasteiger partial charge is 0.573 e. The number of hydrogen-bond acceptors (Lipinski definition) is 4. The number of carbonyl (C=O) groups is 1. The maximum Gasteiger partial charge on any atom is 0.573 e. The van der Waals surface area contributed by atoms with Crippen molar-refractivity contribution in [1.82, 2.24) is 0 Å². The number of halogens is 3. The number of alkyl halides is 3. The van der Waals surface area contributed by atoms with Gasteiger partial charge in [-0.3, -0.25) is 9.80 Å². The number of hydrogen-bond donors (Lipinski definition) is 1. The molecule has 1 unspecified atom stereocenters. The Morgan fingerprint density at radius 1 is 0.972 bits per heavy atom. The van der Waals surface area contributed by atoms with Gasteiger partial charge in [0.25, 0.3) is 0 Å². The Labute approximate surface area is 205 Å². The van der Waals surface area contributed by atoms with Crippen molar-refractivity contribution < 1.29 is 27.8 Å². The minimum Gasteiger partial charge on any atom is -0.406 e. The third-order valence-corrected chi connectivity index (χ3v) is 6.98. The summed E-state index contributed by atoms with van der Waals surface area (Å²) < 4.78 is 43.1. The lowest BCUT2D eigenvalue weighted by atomic mass is 9.66. The fourth-order valence-corrected chi connectivity index (χ4v) is 5.21. The van der Waals surface area contributed by atoms with Crippen LogP contribution in [0.3, 0.4) is 0 Å². The van der Waals surface area contributed by atoms with Crippen molar-refractivity contribution in [2.45, 2.75) is 43.8 Å². The zero-order valence-corrected chi connectivity index (χ0v) is 19.3. The summed E-state index contributed by atoms with van der Waals surface area (Å²) in [6, 6.07) is 20.1. The van der Waals surface area contributed by atoms with E-state index in [0.29, 0.717) is 36.2 Å². The number of aliphatic hydroxyl groups is 1. The normalized spacial score (nSPS) is 20.8. The van der Waals surface area contributed by atoms with E-state index < -0.39 is 29.4 Å². The van der Waals surface area contributed by atoms with Crippen LogP contribution in [0.25, 0.3) is 0 Å². The van der Waals surface area contributed by atoms with Gasteiger partial charge in [-0.25, -0.2) is 4.79 Å². The average Bonchev–Trinajstić information content (AvgIpc) is 3.03. The fourth-order valence-electron chi connectivity index (χ4n) is 5.21. The number of carbonyl (C=O) groups excluding carboxylic acids is 1. The number of anilines is 2. The summed E-state index contributed by atoms with van der Waals surface area (Å²) in [5.74, 6) is -0.490. The number of urea groups is 1. The number of nitriles is 1. The molecular weight excluding hydrogens is 471 g/mol. The monoisotopic (exact) mass is 493 g/mol. The molecular formula is C27H22F3N3O3. The lowest BCUT2D eigenvalue weighted by Crippen LogP contribution is -2.63. The molecule has 1 spiro atoms. The summed E-state index contributed by atoms with van der Waals surface area (Å²) in [4.78, 5) is 16.8. The highest BCUT2D eigenvalue weighted by molar-refractivity contribution is 6.09. The van der Waals surface area contributed by atoms with Crippen LogP contribution in [0, 0.1) is 18.3 Å². The van der Waals surface area contributed by atoms with Gasteiger partial charge in [-0.1, -0.05) is 29.8 Å². The lowest BCUT2D eigenvalue weighted by molar-refractivity contribution is -0.274. The van der Waals surface area contributed by atoms with Crippen molar-refractivity contribution in [1.29, 1.82) is 5.26 Å². The van der Waals surface area contributed by atoms with Crippen LogP contribution >= 0.6 is 0 Å². The smallest absolute Gasteiger partial charge is 0.406 e. The lowest BCUT2D eigenvalue weighted by Gasteiger charge is -2.52. The quantitative estimate of drug-likeness (QED) is 0.485. The highest BCUT2D eigenvalue weighted by Crippen LogP contribution is 2.59. The Morgan fingerprint density at radius 3 is 2.14 bits per heavy atom. The maximum atomic E-state index is 14.1. The molecule has 1 N–H and O–H groups in total. The zero-order valence-electron chi connectivity index (χ0n) is 19.3. The third kappa shape index (κ3) is 3.57. The van der Waals surface area contributed by atoms with Crippen molar-refractivity contribution in [3.8, 4) is 11.8 Å². The molecule has 0 bridgehead atoms. The molecule has 184 valence electrons. The highest BCUT2D eigenvalue weighted by atomic mass is 19.4. The van der Waals surface area contributed by atoms with Crippen LogP contribution in [0.1, 0.15) is 36.0 Å². The topological polar surface area (TPSA) is 76.8 Å². The summed E-state index contributed by atoms with van der Waals surface area (Å²) in [5.41, 5.74) is -0.815. The summed E-state index contributed by atoms with van der Waals surface area (Å²) in [5, 5.41) is 21.7. The first-order valence-corrected chi connectivity index (χ1v) is 11.4. The number of amides is 2. The maximum absolute atomic E-state index is 14.1. The minimum atomic E-state index is -4.91. The molecule has 2 fully saturated rings. The molecule has 1 saturated heterocycles. The van der Waals surface area contributed by atoms with E-state index >= 15 is 0 Å². The minimum absolute atomic E-state index is 0.106. The van der Waals surface area contributed by atoms with Crippen LogP contribution < -0.4 is 14.5 Å². The molecule has 1 aliphatic heterocycles. The summed E-state index contributed by atoms with van der Waals surface area (Å²) in [6.45, 7) is 1.89. The van der Waals surface area contributed by atoms with Gasteiger partial charge >= 0.3 is 12.4 Å². The van der Waals surface area contributed by atoms with E-state index in [1.165, 1.54) is 21.9 Å². The van der Waals surface area contributed by atoms with E-state index in [1.807, 2.05) is 13.0 Å². The second kappa shape index (κ2) is 8.28. The Balaban J connectivity index is 1.72. The van der Waals surface area contributed by atoms with Gasteiger partial charge in [0.1, 0.15) is 11.3 Å². The van der Waals surface area contributed by atoms with Gasteiger partial charge in [-0.05, 0) is 74.7 Å². The summed E-state index contributed by atoms with van der Waals surface area (Å²) in [7, 11) is 0. The van der Waals surface area contributed by atoms with Gasteiger partial charge in [0.05, 0.1) is 11.6 Å². The second-order valence-corrected chi connectivity index (χ2v) is 9.08. The van der Waals surface area contributed by atoms with E-state index in [2.05, 4.69) is 4.74 Å². The van der Waals surface area contributed by atoms with Crippen molar-refractivity contribution in [3.63, 3.8) is 0 Å². The molecule has 0 aromatic heterocycles. The van der Waals surface area contributed by atoms with Crippen molar-refractivity contribution in [2.24, 2.45) is 0 Å². The number of nitrogens with zero attached hydrogens (tertiary/aromatic N) is 3. The molecule has 3 aromatic carbocycles. The molecule has 1 aliphatic carbocycles. The van der Waals surface area contributed by atoms with E-state index in [9.17, 15) is 28.3 Å². The number of aryl methyl sites for hydroxylation is 1. The molecule has 3 aromatic rings. The van der Waals surface area contributed by atoms with Gasteiger partial charge < -0.3 is 9.84 Å². The Bertz CT molecular complexity index is 1350. The van der Waals surface area contributed by atoms with Crippen LogP contribution in [-0.2, 0) is 5.72 Å². The summed E-state index contributed by atoms with van der Waals surface area (Å²) in [6.07, 6.45) is -3.36. The standard InChI is InChI=1S/C27H22F3N3O3/c1-18-6-10-22(11-7-18)33-24(34)32(21-12-8-19(17-31)9-13-21)25(14-3-15-25)26(33,35)20-4-2-5-23(16-20)36-27(28,29)30/h2,4-13,16,35H,3,14-15H2,1H3. The third-order valence-electron chi connectivity index (χ3n) is 6.98. The van der Waals surface area contributed by atoms with Crippen LogP contribution in [0.4, 0.5) is 29.3 Å². The van der Waals surface area contributed by atoms with E-state index in [4.69, 9.17) is 0 Å². The predicted molar refractivity (Wildman–Crippen MR) is 126 cm³/mol. The average molecular weight is 493 g/mol. The molecule has 0 radical (unpaired) electrons. The molecule has 2 aliphatic rings.